The molecule has 1 aliphatic rings. The SMILES string of the molecule is C[C@@H]1CN(C(=O)c2cc3ccccc3n2CC(F)(F)F)CCO1. The zero-order chi connectivity index (χ0) is 16.6. The van der Waals surface area contributed by atoms with E-state index in [1.54, 1.807) is 29.2 Å². The van der Waals surface area contributed by atoms with Gasteiger partial charge in [0, 0.05) is 24.0 Å². The minimum Gasteiger partial charge on any atom is -0.375 e. The summed E-state index contributed by atoms with van der Waals surface area (Å²) in [6.07, 6.45) is -4.51. The van der Waals surface area contributed by atoms with E-state index in [1.165, 1.54) is 6.07 Å². The van der Waals surface area contributed by atoms with Gasteiger partial charge in [-0.05, 0) is 19.1 Å². The molecule has 0 aliphatic carbocycles. The van der Waals surface area contributed by atoms with Gasteiger partial charge in [0.1, 0.15) is 12.2 Å². The Labute approximate surface area is 131 Å². The van der Waals surface area contributed by atoms with E-state index in [1.807, 2.05) is 6.92 Å². The molecule has 4 nitrogen and oxygen atoms in total. The second kappa shape index (κ2) is 5.88. The Balaban J connectivity index is 2.01. The molecule has 1 aromatic heterocycles. The molecule has 0 bridgehead atoms. The number of morpholine rings is 1. The van der Waals surface area contributed by atoms with Crippen molar-refractivity contribution >= 4 is 16.8 Å². The average molecular weight is 326 g/mol. The summed E-state index contributed by atoms with van der Waals surface area (Å²) in [5.74, 6) is -0.388. The Kier molecular flexibility index (Phi) is 4.06. The van der Waals surface area contributed by atoms with Crippen molar-refractivity contribution in [2.45, 2.75) is 25.7 Å². The van der Waals surface area contributed by atoms with E-state index in [0.29, 0.717) is 30.6 Å². The van der Waals surface area contributed by atoms with Crippen LogP contribution < -0.4 is 0 Å². The third-order valence-electron chi connectivity index (χ3n) is 3.90. The summed E-state index contributed by atoms with van der Waals surface area (Å²) in [7, 11) is 0. The fraction of sp³-hybridized carbons (Fsp3) is 0.438. The molecule has 124 valence electrons. The van der Waals surface area contributed by atoms with Crippen LogP contribution in [-0.4, -0.2) is 47.4 Å². The number of ether oxygens (including phenoxy) is 1. The third-order valence-corrected chi connectivity index (χ3v) is 3.90. The summed E-state index contributed by atoms with van der Waals surface area (Å²) in [4.78, 5) is 14.3. The maximum absolute atomic E-state index is 12.9. The molecule has 1 aromatic carbocycles. The first-order chi connectivity index (χ1) is 10.8. The van der Waals surface area contributed by atoms with Gasteiger partial charge in [-0.1, -0.05) is 18.2 Å². The van der Waals surface area contributed by atoms with Gasteiger partial charge in [0.25, 0.3) is 5.91 Å². The smallest absolute Gasteiger partial charge is 0.375 e. The molecular weight excluding hydrogens is 309 g/mol. The van der Waals surface area contributed by atoms with Crippen LogP contribution in [0.3, 0.4) is 0 Å². The van der Waals surface area contributed by atoms with Crippen LogP contribution in [0.2, 0.25) is 0 Å². The number of hydrogen-bond acceptors (Lipinski definition) is 2. The van der Waals surface area contributed by atoms with Gasteiger partial charge >= 0.3 is 6.18 Å². The summed E-state index contributed by atoms with van der Waals surface area (Å²) in [6, 6.07) is 8.25. The number of carbonyl (C=O) groups excluding carboxylic acids is 1. The largest absolute Gasteiger partial charge is 0.406 e. The summed E-state index contributed by atoms with van der Waals surface area (Å²) in [5.41, 5.74) is 0.479. The minimum absolute atomic E-state index is 0.0672. The average Bonchev–Trinajstić information content (AvgIpc) is 2.83. The number of fused-ring (bicyclic) bond motifs is 1. The molecule has 23 heavy (non-hydrogen) atoms. The normalized spacial score (nSPS) is 19.3. The topological polar surface area (TPSA) is 34.5 Å². The van der Waals surface area contributed by atoms with Crippen LogP contribution in [0, 0.1) is 0 Å². The van der Waals surface area contributed by atoms with Crippen LogP contribution in [0.5, 0.6) is 0 Å². The summed E-state index contributed by atoms with van der Waals surface area (Å²) < 4.78 is 45.2. The Morgan fingerprint density at radius 1 is 1.35 bits per heavy atom. The highest BCUT2D eigenvalue weighted by molar-refractivity contribution is 5.98. The van der Waals surface area contributed by atoms with Gasteiger partial charge in [-0.2, -0.15) is 13.2 Å². The van der Waals surface area contributed by atoms with Crippen LogP contribution in [0.4, 0.5) is 13.2 Å². The summed E-state index contributed by atoms with van der Waals surface area (Å²) in [6.45, 7) is 1.82. The number of benzene rings is 1. The number of para-hydroxylation sites is 1. The quantitative estimate of drug-likeness (QED) is 0.850. The van der Waals surface area contributed by atoms with Gasteiger partial charge in [-0.25, -0.2) is 0 Å². The van der Waals surface area contributed by atoms with Crippen LogP contribution >= 0.6 is 0 Å². The van der Waals surface area contributed by atoms with Crippen molar-refractivity contribution in [3.63, 3.8) is 0 Å². The van der Waals surface area contributed by atoms with E-state index >= 15 is 0 Å². The second-order valence-electron chi connectivity index (χ2n) is 5.72. The van der Waals surface area contributed by atoms with Crippen LogP contribution in [-0.2, 0) is 11.3 Å². The lowest BCUT2D eigenvalue weighted by molar-refractivity contribution is -0.140. The van der Waals surface area contributed by atoms with Crippen LogP contribution in [0.15, 0.2) is 30.3 Å². The van der Waals surface area contributed by atoms with Crippen molar-refractivity contribution in [1.82, 2.24) is 9.47 Å². The van der Waals surface area contributed by atoms with Gasteiger partial charge in [0.05, 0.1) is 12.7 Å². The number of aromatic nitrogens is 1. The molecule has 0 unspecified atom stereocenters. The third kappa shape index (κ3) is 3.34. The predicted molar refractivity (Wildman–Crippen MR) is 79.3 cm³/mol. The molecule has 2 aromatic rings. The molecule has 1 fully saturated rings. The van der Waals surface area contributed by atoms with E-state index in [-0.39, 0.29) is 17.7 Å². The Morgan fingerprint density at radius 3 is 2.78 bits per heavy atom. The van der Waals surface area contributed by atoms with Crippen LogP contribution in [0.1, 0.15) is 17.4 Å². The molecule has 1 aliphatic heterocycles. The first-order valence-electron chi connectivity index (χ1n) is 7.41. The zero-order valence-corrected chi connectivity index (χ0v) is 12.6. The lowest BCUT2D eigenvalue weighted by atomic mass is 10.2. The van der Waals surface area contributed by atoms with E-state index in [9.17, 15) is 18.0 Å². The zero-order valence-electron chi connectivity index (χ0n) is 12.6. The first-order valence-corrected chi connectivity index (χ1v) is 7.41. The van der Waals surface area contributed by atoms with E-state index in [0.717, 1.165) is 4.57 Å². The number of nitrogens with zero attached hydrogens (tertiary/aromatic N) is 2. The maximum atomic E-state index is 12.9. The van der Waals surface area contributed by atoms with Crippen molar-refractivity contribution in [3.05, 3.63) is 36.0 Å². The number of alkyl halides is 3. The summed E-state index contributed by atoms with van der Waals surface area (Å²) >= 11 is 0. The van der Waals surface area contributed by atoms with Crippen molar-refractivity contribution in [1.29, 1.82) is 0 Å². The Hall–Kier alpha value is -2.02. The van der Waals surface area contributed by atoms with E-state index < -0.39 is 12.7 Å². The number of halogens is 3. The number of carbonyl (C=O) groups is 1. The summed E-state index contributed by atoms with van der Waals surface area (Å²) in [5, 5.41) is 0.626. The maximum Gasteiger partial charge on any atom is 0.406 e. The van der Waals surface area contributed by atoms with Crippen molar-refractivity contribution in [3.8, 4) is 0 Å². The highest BCUT2D eigenvalue weighted by atomic mass is 19.4. The fourth-order valence-corrected chi connectivity index (χ4v) is 2.90. The molecule has 0 saturated carbocycles. The molecule has 0 N–H and O–H groups in total. The fourth-order valence-electron chi connectivity index (χ4n) is 2.90. The Morgan fingerprint density at radius 2 is 2.09 bits per heavy atom. The lowest BCUT2D eigenvalue weighted by Gasteiger charge is -2.31. The van der Waals surface area contributed by atoms with Crippen molar-refractivity contribution in [2.24, 2.45) is 0 Å². The van der Waals surface area contributed by atoms with Crippen molar-refractivity contribution < 1.29 is 22.7 Å². The molecule has 1 saturated heterocycles. The lowest BCUT2D eigenvalue weighted by Crippen LogP contribution is -2.45. The Bertz CT molecular complexity index is 724. The molecule has 1 atom stereocenters. The van der Waals surface area contributed by atoms with Crippen LogP contribution in [0.25, 0.3) is 10.9 Å². The molecule has 7 heteroatoms. The number of hydrogen-bond donors (Lipinski definition) is 0. The first kappa shape index (κ1) is 15.9. The number of rotatable bonds is 2. The van der Waals surface area contributed by atoms with Crippen molar-refractivity contribution in [2.75, 3.05) is 19.7 Å². The highest BCUT2D eigenvalue weighted by Gasteiger charge is 2.32. The molecular formula is C16H17F3N2O2. The molecule has 2 heterocycles. The standard InChI is InChI=1S/C16H17F3N2O2/c1-11-9-20(6-7-23-11)15(22)14-8-12-4-2-3-5-13(12)21(14)10-16(17,18)19/h2-5,8,11H,6-7,9-10H2,1H3/t11-/m1/s1. The van der Waals surface area contributed by atoms with E-state index in [2.05, 4.69) is 0 Å². The van der Waals surface area contributed by atoms with E-state index in [4.69, 9.17) is 4.74 Å². The van der Waals surface area contributed by atoms with Gasteiger partial charge in [0.15, 0.2) is 0 Å². The molecule has 0 spiro atoms. The minimum atomic E-state index is -4.39. The second-order valence-corrected chi connectivity index (χ2v) is 5.72. The van der Waals surface area contributed by atoms with Gasteiger partial charge in [0.2, 0.25) is 0 Å². The van der Waals surface area contributed by atoms with Gasteiger partial charge in [-0.15, -0.1) is 0 Å². The highest BCUT2D eigenvalue weighted by Crippen LogP contribution is 2.26. The number of amides is 1. The monoisotopic (exact) mass is 326 g/mol. The van der Waals surface area contributed by atoms with Gasteiger partial charge in [-0.3, -0.25) is 4.79 Å². The predicted octanol–water partition coefficient (Wildman–Crippen LogP) is 3.06. The molecule has 3 rings (SSSR count). The van der Waals surface area contributed by atoms with Gasteiger partial charge < -0.3 is 14.2 Å². The molecule has 0 radical (unpaired) electrons. The molecule has 1 amide bonds.